The Hall–Kier alpha value is -2.74. The van der Waals surface area contributed by atoms with Crippen molar-refractivity contribution >= 4 is 5.97 Å². The quantitative estimate of drug-likeness (QED) is 0.421. The zero-order valence-electron chi connectivity index (χ0n) is 21.0. The Morgan fingerprint density at radius 3 is 2.54 bits per heavy atom. The number of esters is 1. The van der Waals surface area contributed by atoms with E-state index >= 15 is 0 Å². The summed E-state index contributed by atoms with van der Waals surface area (Å²) in [6.07, 6.45) is 2.30. The molecule has 3 aliphatic heterocycles. The van der Waals surface area contributed by atoms with E-state index in [4.69, 9.17) is 14.2 Å². The lowest BCUT2D eigenvalue weighted by Gasteiger charge is -2.36. The summed E-state index contributed by atoms with van der Waals surface area (Å²) < 4.78 is 59.2. The number of benzene rings is 2. The molecule has 0 aromatic heterocycles. The number of hydrogen-bond acceptors (Lipinski definition) is 5. The van der Waals surface area contributed by atoms with E-state index in [1.54, 1.807) is 6.07 Å². The van der Waals surface area contributed by atoms with Crippen LogP contribution in [-0.2, 0) is 28.7 Å². The van der Waals surface area contributed by atoms with E-state index in [2.05, 4.69) is 4.90 Å². The maximum atomic E-state index is 14.1. The lowest BCUT2D eigenvalue weighted by atomic mass is 9.94. The van der Waals surface area contributed by atoms with E-state index in [1.165, 1.54) is 19.6 Å². The zero-order valence-corrected chi connectivity index (χ0v) is 21.0. The Morgan fingerprint density at radius 1 is 1.05 bits per heavy atom. The maximum Gasteiger partial charge on any atom is 0.416 e. The summed E-state index contributed by atoms with van der Waals surface area (Å²) in [7, 11) is 1.37. The van der Waals surface area contributed by atoms with Gasteiger partial charge >= 0.3 is 12.1 Å². The molecule has 37 heavy (non-hydrogen) atoms. The van der Waals surface area contributed by atoms with Crippen molar-refractivity contribution in [1.29, 1.82) is 0 Å². The SMILES string of the molecule is COC(=O)CC1COc2cc(OC3CCc4c3ccc(C(F)(F)F)c4CN3C4CCCC3CC4)ccc21. The first-order valence-electron chi connectivity index (χ1n) is 13.3. The van der Waals surface area contributed by atoms with Gasteiger partial charge in [-0.25, -0.2) is 0 Å². The third-order valence-corrected chi connectivity index (χ3v) is 8.75. The minimum absolute atomic E-state index is 0.0582. The van der Waals surface area contributed by atoms with Crippen LogP contribution in [0.15, 0.2) is 30.3 Å². The number of nitrogens with zero attached hydrogens (tertiary/aromatic N) is 1. The van der Waals surface area contributed by atoms with Crippen LogP contribution in [-0.4, -0.2) is 36.7 Å². The molecule has 0 radical (unpaired) electrons. The smallest absolute Gasteiger partial charge is 0.416 e. The fourth-order valence-electron chi connectivity index (χ4n) is 6.92. The number of piperidine rings is 1. The summed E-state index contributed by atoms with van der Waals surface area (Å²) in [5.74, 6) is 0.956. The van der Waals surface area contributed by atoms with Crippen molar-refractivity contribution in [3.05, 3.63) is 58.1 Å². The number of methoxy groups -OCH3 is 1. The fourth-order valence-corrected chi connectivity index (χ4v) is 6.92. The van der Waals surface area contributed by atoms with Crippen molar-refractivity contribution in [2.75, 3.05) is 13.7 Å². The lowest BCUT2D eigenvalue weighted by Crippen LogP contribution is -2.39. The summed E-state index contributed by atoms with van der Waals surface area (Å²) in [6, 6.07) is 9.25. The third-order valence-electron chi connectivity index (χ3n) is 8.75. The van der Waals surface area contributed by atoms with Crippen molar-refractivity contribution in [1.82, 2.24) is 4.90 Å². The van der Waals surface area contributed by atoms with Gasteiger partial charge in [0.25, 0.3) is 0 Å². The molecule has 2 aromatic rings. The highest BCUT2D eigenvalue weighted by Crippen LogP contribution is 2.46. The molecule has 0 N–H and O–H groups in total. The van der Waals surface area contributed by atoms with E-state index in [0.29, 0.717) is 55.1 Å². The molecule has 5 nitrogen and oxygen atoms in total. The van der Waals surface area contributed by atoms with Gasteiger partial charge in [-0.15, -0.1) is 0 Å². The van der Waals surface area contributed by atoms with Gasteiger partial charge in [-0.2, -0.15) is 13.2 Å². The van der Waals surface area contributed by atoms with Gasteiger partial charge in [0.1, 0.15) is 17.6 Å². The van der Waals surface area contributed by atoms with E-state index in [1.807, 2.05) is 18.2 Å². The highest BCUT2D eigenvalue weighted by molar-refractivity contribution is 5.71. The second-order valence-electron chi connectivity index (χ2n) is 10.8. The molecule has 2 fully saturated rings. The largest absolute Gasteiger partial charge is 0.492 e. The summed E-state index contributed by atoms with van der Waals surface area (Å²) in [5, 5.41) is 0. The van der Waals surface area contributed by atoms with Gasteiger partial charge in [-0.1, -0.05) is 18.6 Å². The molecule has 0 amide bonds. The van der Waals surface area contributed by atoms with Gasteiger partial charge in [0.15, 0.2) is 0 Å². The van der Waals surface area contributed by atoms with Crippen LogP contribution in [0.2, 0.25) is 0 Å². The van der Waals surface area contributed by atoms with Crippen molar-refractivity contribution in [2.45, 2.75) is 88.2 Å². The molecule has 4 aliphatic rings. The first-order chi connectivity index (χ1) is 17.8. The van der Waals surface area contributed by atoms with Crippen LogP contribution in [0, 0.1) is 0 Å². The zero-order chi connectivity index (χ0) is 25.7. The van der Waals surface area contributed by atoms with Crippen LogP contribution in [0.4, 0.5) is 13.2 Å². The second kappa shape index (κ2) is 9.53. The summed E-state index contributed by atoms with van der Waals surface area (Å²) in [4.78, 5) is 14.0. The normalized spacial score (nSPS) is 26.5. The number of fused-ring (bicyclic) bond motifs is 4. The molecule has 3 heterocycles. The molecule has 4 atom stereocenters. The molecule has 198 valence electrons. The van der Waals surface area contributed by atoms with Crippen LogP contribution in [0.5, 0.6) is 11.5 Å². The van der Waals surface area contributed by atoms with Gasteiger partial charge in [0.05, 0.1) is 25.7 Å². The highest BCUT2D eigenvalue weighted by atomic mass is 19.4. The monoisotopic (exact) mass is 515 g/mol. The molecule has 4 unspecified atom stereocenters. The number of halogens is 3. The minimum Gasteiger partial charge on any atom is -0.492 e. The molecule has 6 rings (SSSR count). The lowest BCUT2D eigenvalue weighted by molar-refractivity contribution is -0.141. The molecule has 2 saturated heterocycles. The van der Waals surface area contributed by atoms with Gasteiger partial charge in [-0.3, -0.25) is 9.69 Å². The Morgan fingerprint density at radius 2 is 1.81 bits per heavy atom. The topological polar surface area (TPSA) is 48.0 Å². The molecule has 1 aliphatic carbocycles. The predicted molar refractivity (Wildman–Crippen MR) is 131 cm³/mol. The van der Waals surface area contributed by atoms with E-state index in [0.717, 1.165) is 42.4 Å². The average Bonchev–Trinajstić information content (AvgIpc) is 3.51. The maximum absolute atomic E-state index is 14.1. The summed E-state index contributed by atoms with van der Waals surface area (Å²) in [5.41, 5.74) is 2.55. The fraction of sp³-hybridized carbons (Fsp3) is 0.552. The van der Waals surface area contributed by atoms with E-state index in [9.17, 15) is 18.0 Å². The van der Waals surface area contributed by atoms with Gasteiger partial charge < -0.3 is 14.2 Å². The predicted octanol–water partition coefficient (Wildman–Crippen LogP) is 6.33. The number of hydrogen-bond donors (Lipinski definition) is 0. The molecule has 2 bridgehead atoms. The van der Waals surface area contributed by atoms with Crippen LogP contribution in [0.3, 0.4) is 0 Å². The Bertz CT molecular complexity index is 1180. The Balaban J connectivity index is 1.25. The number of carbonyl (C=O) groups is 1. The second-order valence-corrected chi connectivity index (χ2v) is 10.8. The average molecular weight is 516 g/mol. The van der Waals surface area contributed by atoms with Crippen molar-refractivity contribution in [3.63, 3.8) is 0 Å². The highest BCUT2D eigenvalue weighted by Gasteiger charge is 2.41. The molecule has 8 heteroatoms. The summed E-state index contributed by atoms with van der Waals surface area (Å²) >= 11 is 0. The molecule has 0 spiro atoms. The van der Waals surface area contributed by atoms with Crippen molar-refractivity contribution in [2.24, 2.45) is 0 Å². The summed E-state index contributed by atoms with van der Waals surface area (Å²) in [6.45, 7) is 0.774. The number of ether oxygens (including phenoxy) is 3. The first kappa shape index (κ1) is 24.6. The minimum atomic E-state index is -4.38. The molecular weight excluding hydrogens is 483 g/mol. The van der Waals surface area contributed by atoms with Crippen molar-refractivity contribution < 1.29 is 32.2 Å². The van der Waals surface area contributed by atoms with Gasteiger partial charge in [0, 0.05) is 36.2 Å². The first-order valence-corrected chi connectivity index (χ1v) is 13.3. The van der Waals surface area contributed by atoms with E-state index in [-0.39, 0.29) is 24.4 Å². The Labute approximate surface area is 214 Å². The van der Waals surface area contributed by atoms with Crippen LogP contribution < -0.4 is 9.47 Å². The molecule has 2 aromatic carbocycles. The standard InChI is InChI=1S/C29H32F3NO4/c1-35-28(34)13-17-16-36-27-14-20(7-8-21(17)27)37-26-12-10-22-23(26)9-11-25(29(30,31)32)24(22)15-33-18-3-2-4-19(33)6-5-18/h7-9,11,14,17-19,26H,2-6,10,12-13,15-16H2,1H3. The molecule has 0 saturated carbocycles. The number of alkyl halides is 3. The third kappa shape index (κ3) is 4.58. The van der Waals surface area contributed by atoms with Gasteiger partial charge in [-0.05, 0) is 67.3 Å². The van der Waals surface area contributed by atoms with E-state index < -0.39 is 11.7 Å². The van der Waals surface area contributed by atoms with Crippen LogP contribution >= 0.6 is 0 Å². The Kier molecular flexibility index (Phi) is 6.33. The van der Waals surface area contributed by atoms with Crippen LogP contribution in [0.25, 0.3) is 0 Å². The molecular formula is C29H32F3NO4. The van der Waals surface area contributed by atoms with Crippen LogP contribution in [0.1, 0.15) is 84.8 Å². The van der Waals surface area contributed by atoms with Crippen molar-refractivity contribution in [3.8, 4) is 11.5 Å². The number of rotatable bonds is 6. The number of carbonyl (C=O) groups excluding carboxylic acids is 1. The van der Waals surface area contributed by atoms with Gasteiger partial charge in [0.2, 0.25) is 0 Å².